The number of imidazole rings is 1. The van der Waals surface area contributed by atoms with E-state index in [0.717, 1.165) is 27.7 Å². The first-order valence-electron chi connectivity index (χ1n) is 11.1. The zero-order chi connectivity index (χ0) is 24.5. The summed E-state index contributed by atoms with van der Waals surface area (Å²) < 4.78 is 3.32. The summed E-state index contributed by atoms with van der Waals surface area (Å²) in [6.07, 6.45) is 0. The Kier molecular flexibility index (Phi) is 7.11. The maximum absolute atomic E-state index is 12.5. The van der Waals surface area contributed by atoms with Crippen LogP contribution >= 0.6 is 0 Å². The van der Waals surface area contributed by atoms with Crippen LogP contribution in [-0.2, 0) is 13.1 Å². The Labute approximate surface area is 219 Å². The normalized spacial score (nSPS) is 10.8. The Morgan fingerprint density at radius 2 is 1.72 bits per heavy atom. The monoisotopic (exact) mass is 473 g/mol. The molecule has 0 aliphatic rings. The van der Waals surface area contributed by atoms with Gasteiger partial charge in [-0.1, -0.05) is 36.4 Å². The van der Waals surface area contributed by atoms with Crippen LogP contribution in [0.1, 0.15) is 27.0 Å². The molecule has 5 aromatic rings. The molecule has 2 heterocycles. The number of rotatable bonds is 6. The van der Waals surface area contributed by atoms with Crippen molar-refractivity contribution in [1.82, 2.24) is 19.3 Å². The van der Waals surface area contributed by atoms with Crippen molar-refractivity contribution in [1.29, 1.82) is 0 Å². The molecule has 0 aliphatic heterocycles. The van der Waals surface area contributed by atoms with Gasteiger partial charge in [0.25, 0.3) is 5.56 Å². The van der Waals surface area contributed by atoms with Crippen LogP contribution in [-0.4, -0.2) is 49.3 Å². The van der Waals surface area contributed by atoms with Gasteiger partial charge in [-0.3, -0.25) is 4.79 Å². The first kappa shape index (κ1) is 25.0. The van der Waals surface area contributed by atoms with Crippen molar-refractivity contribution in [3.8, 4) is 11.3 Å². The molecule has 3 N–H and O–H groups in total. The van der Waals surface area contributed by atoms with Crippen LogP contribution in [0.4, 0.5) is 5.95 Å². The summed E-state index contributed by atoms with van der Waals surface area (Å²) in [5, 5.41) is 13.8. The number of hydrogen-bond acceptors (Lipinski definition) is 5. The third kappa shape index (κ3) is 4.96. The quantitative estimate of drug-likeness (QED) is 0.366. The van der Waals surface area contributed by atoms with Crippen molar-refractivity contribution in [2.24, 2.45) is 0 Å². The van der Waals surface area contributed by atoms with Gasteiger partial charge >= 0.3 is 24.8 Å². The van der Waals surface area contributed by atoms with Gasteiger partial charge in [0.1, 0.15) is 0 Å². The Morgan fingerprint density at radius 1 is 0.944 bits per heavy atom. The average molecular weight is 473 g/mol. The third-order valence-corrected chi connectivity index (χ3v) is 5.98. The fourth-order valence-corrected chi connectivity index (χ4v) is 4.17. The molecule has 0 bridgehead atoms. The number of nitrogens with zero attached hydrogens (tertiary/aromatic N) is 4. The molecule has 0 radical (unpaired) electrons. The van der Waals surface area contributed by atoms with E-state index >= 15 is 0 Å². The summed E-state index contributed by atoms with van der Waals surface area (Å²) in [5.41, 5.74) is 12.2. The molecule has 2 aromatic heterocycles. The van der Waals surface area contributed by atoms with Gasteiger partial charge in [0, 0.05) is 11.6 Å². The van der Waals surface area contributed by atoms with E-state index in [-0.39, 0.29) is 36.5 Å². The number of hydrogen-bond donors (Lipinski definition) is 2. The van der Waals surface area contributed by atoms with Crippen LogP contribution in [0.5, 0.6) is 0 Å². The molecule has 5 rings (SSSR count). The van der Waals surface area contributed by atoms with E-state index in [9.17, 15) is 14.7 Å². The number of anilines is 1. The van der Waals surface area contributed by atoms with Gasteiger partial charge in [0.15, 0.2) is 0 Å². The number of fused-ring (bicyclic) bond motifs is 1. The van der Waals surface area contributed by atoms with Crippen LogP contribution in [0.15, 0.2) is 83.7 Å². The third-order valence-electron chi connectivity index (χ3n) is 5.98. The van der Waals surface area contributed by atoms with Crippen molar-refractivity contribution < 1.29 is 9.90 Å². The number of carbonyl (C=O) groups is 1. The molecule has 0 saturated heterocycles. The maximum atomic E-state index is 12.5. The Morgan fingerprint density at radius 3 is 2.53 bits per heavy atom. The molecule has 0 aliphatic carbocycles. The number of nitrogens with two attached hydrogens (primary N) is 1. The summed E-state index contributed by atoms with van der Waals surface area (Å²) in [6, 6.07) is 23.6. The summed E-state index contributed by atoms with van der Waals surface area (Å²) in [4.78, 5) is 28.2. The minimum atomic E-state index is -1.01. The molecule has 0 amide bonds. The fraction of sp³-hybridized carbons (Fsp3) is 0.111. The van der Waals surface area contributed by atoms with Gasteiger partial charge in [-0.15, -0.1) is 0 Å². The molecule has 0 unspecified atom stereocenters. The predicted molar refractivity (Wildman–Crippen MR) is 142 cm³/mol. The summed E-state index contributed by atoms with van der Waals surface area (Å²) in [7, 11) is 0. The van der Waals surface area contributed by atoms with Crippen LogP contribution < -0.4 is 11.3 Å². The summed E-state index contributed by atoms with van der Waals surface area (Å²) >= 11 is 0. The van der Waals surface area contributed by atoms with E-state index in [1.165, 1.54) is 16.8 Å². The molecule has 3 aromatic carbocycles. The fourth-order valence-electron chi connectivity index (χ4n) is 4.17. The Hall–Kier alpha value is -4.12. The van der Waals surface area contributed by atoms with E-state index in [2.05, 4.69) is 10.1 Å². The van der Waals surface area contributed by atoms with E-state index in [1.807, 2.05) is 54.0 Å². The van der Waals surface area contributed by atoms with Crippen LogP contribution in [0.25, 0.3) is 22.3 Å². The first-order valence-corrected chi connectivity index (χ1v) is 11.1. The van der Waals surface area contributed by atoms with Crippen molar-refractivity contribution in [3.63, 3.8) is 0 Å². The van der Waals surface area contributed by atoms with Crippen molar-refractivity contribution in [3.05, 3.63) is 111 Å². The topological polar surface area (TPSA) is 116 Å². The number of aryl methyl sites for hydroxylation is 1. The zero-order valence-electron chi connectivity index (χ0n) is 19.0. The second-order valence-corrected chi connectivity index (χ2v) is 8.41. The summed E-state index contributed by atoms with van der Waals surface area (Å²) in [5.74, 6) is -0.566. The van der Waals surface area contributed by atoms with E-state index in [4.69, 9.17) is 5.73 Å². The number of nitrogen functional groups attached to an aromatic ring is 1. The van der Waals surface area contributed by atoms with Crippen LogP contribution in [0, 0.1) is 6.92 Å². The number of aromatic nitrogens is 4. The molecular weight excluding hydrogens is 449 g/mol. The molecule has 0 saturated carbocycles. The van der Waals surface area contributed by atoms with Crippen LogP contribution in [0.3, 0.4) is 0 Å². The van der Waals surface area contributed by atoms with Gasteiger partial charge in [-0.25, -0.2) is 14.5 Å². The van der Waals surface area contributed by atoms with E-state index in [0.29, 0.717) is 23.8 Å². The predicted octanol–water partition coefficient (Wildman–Crippen LogP) is 3.30. The van der Waals surface area contributed by atoms with Crippen molar-refractivity contribution in [2.75, 3.05) is 5.73 Å². The summed E-state index contributed by atoms with van der Waals surface area (Å²) in [6.45, 7) is 2.71. The molecule has 0 fully saturated rings. The SMILES string of the molecule is Cc1ccc(Cn2c(N)nc3ccccc32)cc1-c1ccc(=O)n(Cc2cccc(C(=O)O)c2)n1.[LiH]. The van der Waals surface area contributed by atoms with Gasteiger partial charge < -0.3 is 15.4 Å². The Bertz CT molecular complexity index is 1640. The average Bonchev–Trinajstić information content (AvgIpc) is 3.17. The molecule has 0 spiro atoms. The minimum absolute atomic E-state index is 0. The van der Waals surface area contributed by atoms with E-state index in [1.54, 1.807) is 24.3 Å². The first-order chi connectivity index (χ1) is 16.9. The number of carboxylic acid groups (broad SMARTS) is 1. The molecule has 9 heteroatoms. The molecule has 0 atom stereocenters. The van der Waals surface area contributed by atoms with Gasteiger partial charge in [-0.05, 0) is 60.0 Å². The number of benzene rings is 3. The number of para-hydroxylation sites is 2. The molecule has 36 heavy (non-hydrogen) atoms. The van der Waals surface area contributed by atoms with E-state index < -0.39 is 5.97 Å². The second kappa shape index (κ2) is 10.2. The van der Waals surface area contributed by atoms with Crippen LogP contribution in [0.2, 0.25) is 0 Å². The van der Waals surface area contributed by atoms with Gasteiger partial charge in [0.05, 0.1) is 35.4 Å². The zero-order valence-corrected chi connectivity index (χ0v) is 19.0. The molecular formula is C27H24LiN5O3. The number of carboxylic acids is 1. The van der Waals surface area contributed by atoms with Crippen molar-refractivity contribution in [2.45, 2.75) is 20.0 Å². The molecule has 8 nitrogen and oxygen atoms in total. The Balaban J connectivity index is 0.00000304. The standard InChI is InChI=1S/C27H23N5O3.Li.H/c1-17-9-10-19(15-31-24-8-3-2-7-23(24)29-27(31)28)14-21(17)22-11-12-25(33)32(30-22)16-18-5-4-6-20(13-18)26(34)35;;/h2-14H,15-16H2,1H3,(H2,28,29)(H,34,35);;. The van der Waals surface area contributed by atoms with Crippen molar-refractivity contribution >= 4 is 41.8 Å². The van der Waals surface area contributed by atoms with Gasteiger partial charge in [-0.2, -0.15) is 5.10 Å². The van der Waals surface area contributed by atoms with Gasteiger partial charge in [0.2, 0.25) is 5.95 Å². The number of aromatic carboxylic acids is 1. The second-order valence-electron chi connectivity index (χ2n) is 8.41. The molecule has 176 valence electrons.